The van der Waals surface area contributed by atoms with E-state index in [1.165, 1.54) is 23.7 Å². The van der Waals surface area contributed by atoms with Crippen LogP contribution in [-0.4, -0.2) is 35.5 Å². The van der Waals surface area contributed by atoms with Crippen molar-refractivity contribution in [2.75, 3.05) is 14.2 Å². The fourth-order valence-corrected chi connectivity index (χ4v) is 4.42. The number of rotatable bonds is 8. The van der Waals surface area contributed by atoms with Gasteiger partial charge in [-0.3, -0.25) is 0 Å². The van der Waals surface area contributed by atoms with E-state index >= 15 is 0 Å². The van der Waals surface area contributed by atoms with Crippen LogP contribution in [0, 0.1) is 0 Å². The summed E-state index contributed by atoms with van der Waals surface area (Å²) in [4.78, 5) is 0.500. The van der Waals surface area contributed by atoms with Crippen molar-refractivity contribution in [1.82, 2.24) is 0 Å². The molecule has 0 saturated heterocycles. The second-order valence-electron chi connectivity index (χ2n) is 3.95. The van der Waals surface area contributed by atoms with Crippen LogP contribution in [0.1, 0.15) is 26.2 Å². The second kappa shape index (κ2) is 8.71. The molecule has 2 nitrogen and oxygen atoms in total. The summed E-state index contributed by atoms with van der Waals surface area (Å²) in [5.41, 5.74) is 0. The first-order chi connectivity index (χ1) is 8.31. The van der Waals surface area contributed by atoms with E-state index in [9.17, 15) is 0 Å². The first-order valence-electron chi connectivity index (χ1n) is 6.09. The van der Waals surface area contributed by atoms with Gasteiger partial charge in [-0.05, 0) is 0 Å². The van der Waals surface area contributed by atoms with E-state index in [0.29, 0.717) is 19.8 Å². The van der Waals surface area contributed by atoms with Gasteiger partial charge in [-0.15, -0.1) is 0 Å². The molecule has 1 atom stereocenters. The van der Waals surface area contributed by atoms with E-state index in [2.05, 4.69) is 37.3 Å². The average Bonchev–Trinajstić information content (AvgIpc) is 2.38. The van der Waals surface area contributed by atoms with Crippen LogP contribution in [0.3, 0.4) is 0 Å². The Hall–Kier alpha value is -0.341. The molecule has 0 radical (unpaired) electrons. The molecule has 0 N–H and O–H groups in total. The molecule has 0 bridgehead atoms. The van der Waals surface area contributed by atoms with E-state index in [-0.39, 0.29) is 6.29 Å². The van der Waals surface area contributed by atoms with Crippen LogP contribution < -0.4 is 4.46 Å². The van der Waals surface area contributed by atoms with Gasteiger partial charge in [0.15, 0.2) is 0 Å². The molecule has 0 fully saturated rings. The molecule has 1 unspecified atom stereocenters. The predicted molar refractivity (Wildman–Crippen MR) is 72.9 cm³/mol. The Balaban J connectivity index is 2.62. The molecule has 96 valence electrons. The molecule has 0 spiro atoms. The van der Waals surface area contributed by atoms with Crippen molar-refractivity contribution in [3.8, 4) is 0 Å². The zero-order chi connectivity index (χ0) is 12.5. The summed E-state index contributed by atoms with van der Waals surface area (Å²) in [5.74, 6) is 0. The van der Waals surface area contributed by atoms with Crippen molar-refractivity contribution < 1.29 is 9.47 Å². The first kappa shape index (κ1) is 14.7. The molecule has 3 heteroatoms. The quantitative estimate of drug-likeness (QED) is 0.543. The third-order valence-electron chi connectivity index (χ3n) is 2.64. The van der Waals surface area contributed by atoms with E-state index in [1.807, 2.05) is 0 Å². The monoisotopic (exact) mass is 302 g/mol. The molecule has 0 aliphatic carbocycles. The van der Waals surface area contributed by atoms with Gasteiger partial charge >= 0.3 is 111 Å². The average molecular weight is 301 g/mol. The zero-order valence-corrected chi connectivity index (χ0v) is 12.6. The van der Waals surface area contributed by atoms with Crippen LogP contribution in [0.25, 0.3) is 0 Å². The summed E-state index contributed by atoms with van der Waals surface area (Å²) in [6, 6.07) is 10.7. The minimum absolute atomic E-state index is 0.0678. The van der Waals surface area contributed by atoms with Gasteiger partial charge in [-0.2, -0.15) is 0 Å². The minimum atomic E-state index is -0.0678. The van der Waals surface area contributed by atoms with E-state index in [4.69, 9.17) is 9.47 Å². The van der Waals surface area contributed by atoms with Crippen molar-refractivity contribution >= 4 is 19.4 Å². The molecule has 0 amide bonds. The maximum absolute atomic E-state index is 5.42. The van der Waals surface area contributed by atoms with Gasteiger partial charge in [-0.25, -0.2) is 0 Å². The Morgan fingerprint density at radius 2 is 1.76 bits per heavy atom. The normalized spacial score (nSPS) is 12.9. The summed E-state index contributed by atoms with van der Waals surface area (Å²) < 4.78 is 12.3. The molecule has 0 aliphatic heterocycles. The summed E-state index contributed by atoms with van der Waals surface area (Å²) in [6.07, 6.45) is 3.57. The molecule has 17 heavy (non-hydrogen) atoms. The van der Waals surface area contributed by atoms with Crippen LogP contribution in [0.2, 0.25) is 4.82 Å². The van der Waals surface area contributed by atoms with Crippen LogP contribution >= 0.6 is 0 Å². The van der Waals surface area contributed by atoms with Crippen molar-refractivity contribution in [3.63, 3.8) is 0 Å². The van der Waals surface area contributed by atoms with Gasteiger partial charge in [0, 0.05) is 0 Å². The number of hydrogen-bond donors (Lipinski definition) is 0. The predicted octanol–water partition coefficient (Wildman–Crippen LogP) is 2.61. The Morgan fingerprint density at radius 3 is 2.29 bits per heavy atom. The van der Waals surface area contributed by atoms with E-state index in [0.717, 1.165) is 0 Å². The van der Waals surface area contributed by atoms with Gasteiger partial charge in [0.05, 0.1) is 0 Å². The third-order valence-corrected chi connectivity index (χ3v) is 5.38. The molecule has 1 aromatic carbocycles. The summed E-state index contributed by atoms with van der Waals surface area (Å²) in [7, 11) is 3.46. The first-order valence-corrected chi connectivity index (χ1v) is 7.93. The Kier molecular flexibility index (Phi) is 7.54. The SMILES string of the molecule is CCCCC([Se]c1ccccc1)C(OC)OC. The molecule has 1 rings (SSSR count). The molecule has 1 aromatic rings. The molecular weight excluding hydrogens is 279 g/mol. The molecule has 0 aliphatic rings. The molecule has 0 aromatic heterocycles. The van der Waals surface area contributed by atoms with Crippen molar-refractivity contribution in [3.05, 3.63) is 30.3 Å². The molecule has 0 heterocycles. The van der Waals surface area contributed by atoms with Crippen molar-refractivity contribution in [2.45, 2.75) is 37.3 Å². The van der Waals surface area contributed by atoms with Gasteiger partial charge < -0.3 is 0 Å². The summed E-state index contributed by atoms with van der Waals surface area (Å²) in [5, 5.41) is 0. The van der Waals surface area contributed by atoms with E-state index in [1.54, 1.807) is 14.2 Å². The van der Waals surface area contributed by atoms with Gasteiger partial charge in [-0.1, -0.05) is 0 Å². The van der Waals surface area contributed by atoms with Crippen LogP contribution in [0.15, 0.2) is 30.3 Å². The van der Waals surface area contributed by atoms with Crippen molar-refractivity contribution in [2.24, 2.45) is 0 Å². The number of ether oxygens (including phenoxy) is 2. The topological polar surface area (TPSA) is 18.5 Å². The van der Waals surface area contributed by atoms with Gasteiger partial charge in [0.2, 0.25) is 0 Å². The number of methoxy groups -OCH3 is 2. The summed E-state index contributed by atoms with van der Waals surface area (Å²) in [6.45, 7) is 2.22. The van der Waals surface area contributed by atoms with Crippen LogP contribution in [0.4, 0.5) is 0 Å². The molecule has 0 saturated carbocycles. The standard InChI is InChI=1S/C14H22O2Se/c1-4-5-11-13(14(15-2)16-3)17-12-9-7-6-8-10-12/h6-10,13-14H,4-5,11H2,1-3H3. The van der Waals surface area contributed by atoms with Crippen molar-refractivity contribution in [1.29, 1.82) is 0 Å². The van der Waals surface area contributed by atoms with Gasteiger partial charge in [0.1, 0.15) is 0 Å². The maximum atomic E-state index is 5.42. The number of unbranched alkanes of at least 4 members (excludes halogenated alkanes) is 1. The second-order valence-corrected chi connectivity index (χ2v) is 6.71. The Bertz CT molecular complexity index is 286. The fourth-order valence-electron chi connectivity index (χ4n) is 1.73. The number of hydrogen-bond acceptors (Lipinski definition) is 2. The molecular formula is C14H22O2Se. The fraction of sp³-hybridized carbons (Fsp3) is 0.571. The summed E-state index contributed by atoms with van der Waals surface area (Å²) >= 11 is 0.410. The Labute approximate surface area is 111 Å². The zero-order valence-electron chi connectivity index (χ0n) is 10.9. The Morgan fingerprint density at radius 1 is 1.12 bits per heavy atom. The third kappa shape index (κ3) is 5.22. The van der Waals surface area contributed by atoms with Gasteiger partial charge in [0.25, 0.3) is 0 Å². The van der Waals surface area contributed by atoms with E-state index < -0.39 is 0 Å². The number of benzene rings is 1. The van der Waals surface area contributed by atoms with Crippen LogP contribution in [-0.2, 0) is 9.47 Å². The van der Waals surface area contributed by atoms with Crippen LogP contribution in [0.5, 0.6) is 0 Å².